The summed E-state index contributed by atoms with van der Waals surface area (Å²) in [6, 6.07) is 8.67. The van der Waals surface area contributed by atoms with Gasteiger partial charge in [-0.1, -0.05) is 35.9 Å². The van der Waals surface area contributed by atoms with Gasteiger partial charge in [0.05, 0.1) is 6.61 Å². The van der Waals surface area contributed by atoms with Crippen molar-refractivity contribution < 1.29 is 23.9 Å². The Morgan fingerprint density at radius 2 is 1.50 bits per heavy atom. The van der Waals surface area contributed by atoms with E-state index in [9.17, 15) is 14.4 Å². The van der Waals surface area contributed by atoms with Crippen LogP contribution < -0.4 is 0 Å². The fourth-order valence-electron chi connectivity index (χ4n) is 1.88. The van der Waals surface area contributed by atoms with E-state index in [0.717, 1.165) is 5.57 Å². The molecule has 0 saturated heterocycles. The third-order valence-corrected chi connectivity index (χ3v) is 3.26. The van der Waals surface area contributed by atoms with E-state index < -0.39 is 5.97 Å². The lowest BCUT2D eigenvalue weighted by atomic mass is 10.1. The van der Waals surface area contributed by atoms with Gasteiger partial charge in [-0.15, -0.1) is 6.58 Å². The van der Waals surface area contributed by atoms with Crippen LogP contribution in [-0.2, 0) is 19.1 Å². The van der Waals surface area contributed by atoms with Crippen LogP contribution in [0, 0.1) is 0 Å². The van der Waals surface area contributed by atoms with Crippen LogP contribution in [0.25, 0.3) is 0 Å². The molecule has 0 heterocycles. The third-order valence-electron chi connectivity index (χ3n) is 3.26. The number of carbonyl (C=O) groups excluding carboxylic acids is 3. The summed E-state index contributed by atoms with van der Waals surface area (Å²) in [7, 11) is 0. The first-order chi connectivity index (χ1) is 11.5. The van der Waals surface area contributed by atoms with Crippen molar-refractivity contribution in [3.63, 3.8) is 0 Å². The molecule has 1 aromatic rings. The summed E-state index contributed by atoms with van der Waals surface area (Å²) in [5, 5.41) is 0. The number of esters is 2. The van der Waals surface area contributed by atoms with Crippen molar-refractivity contribution in [3.05, 3.63) is 48.0 Å². The first-order valence-electron chi connectivity index (χ1n) is 8.03. The summed E-state index contributed by atoms with van der Waals surface area (Å²) < 4.78 is 9.97. The van der Waals surface area contributed by atoms with Gasteiger partial charge in [0.25, 0.3) is 0 Å². The van der Waals surface area contributed by atoms with Crippen LogP contribution in [0.1, 0.15) is 49.4 Å². The maximum Gasteiger partial charge on any atom is 0.306 e. The predicted molar refractivity (Wildman–Crippen MR) is 90.6 cm³/mol. The van der Waals surface area contributed by atoms with Crippen LogP contribution in [0.15, 0.2) is 42.5 Å². The molecule has 130 valence electrons. The van der Waals surface area contributed by atoms with E-state index in [1.165, 1.54) is 0 Å². The zero-order valence-corrected chi connectivity index (χ0v) is 14.1. The number of ketones is 1. The molecular weight excluding hydrogens is 308 g/mol. The topological polar surface area (TPSA) is 69.7 Å². The Hall–Kier alpha value is -2.43. The first-order valence-corrected chi connectivity index (χ1v) is 8.03. The maximum absolute atomic E-state index is 11.8. The molecule has 0 radical (unpaired) electrons. The van der Waals surface area contributed by atoms with Crippen molar-refractivity contribution in [2.75, 3.05) is 13.2 Å². The second-order valence-corrected chi connectivity index (χ2v) is 5.58. The minimum atomic E-state index is -0.435. The van der Waals surface area contributed by atoms with Crippen LogP contribution >= 0.6 is 0 Å². The number of rotatable bonds is 11. The number of hydrogen-bond acceptors (Lipinski definition) is 5. The minimum Gasteiger partial charge on any atom is -0.465 e. The highest BCUT2D eigenvalue weighted by atomic mass is 16.5. The summed E-state index contributed by atoms with van der Waals surface area (Å²) in [5.74, 6) is -0.941. The standard InChI is InChI=1S/C19H24O5/c1-15(2)12-13-23-18(21)10-6-7-11-19(22)24-14-17(20)16-8-4-3-5-9-16/h3-5,8-9H,1,6-7,10-14H2,2H3. The fourth-order valence-corrected chi connectivity index (χ4v) is 1.88. The summed E-state index contributed by atoms with van der Waals surface area (Å²) in [6.45, 7) is 5.69. The Morgan fingerprint density at radius 1 is 0.917 bits per heavy atom. The van der Waals surface area contributed by atoms with Crippen LogP contribution in [0.2, 0.25) is 0 Å². The summed E-state index contributed by atoms with van der Waals surface area (Å²) in [6.07, 6.45) is 2.18. The Bertz CT molecular complexity index is 562. The molecular formula is C19H24O5. The van der Waals surface area contributed by atoms with Crippen LogP contribution in [-0.4, -0.2) is 30.9 Å². The number of unbranched alkanes of at least 4 members (excludes halogenated alkanes) is 1. The molecule has 5 nitrogen and oxygen atoms in total. The smallest absolute Gasteiger partial charge is 0.306 e. The highest BCUT2D eigenvalue weighted by molar-refractivity contribution is 5.97. The van der Waals surface area contributed by atoms with E-state index in [1.54, 1.807) is 24.3 Å². The largest absolute Gasteiger partial charge is 0.465 e. The third kappa shape index (κ3) is 8.88. The highest BCUT2D eigenvalue weighted by Gasteiger charge is 2.10. The van der Waals surface area contributed by atoms with Gasteiger partial charge in [-0.05, 0) is 19.8 Å². The molecule has 24 heavy (non-hydrogen) atoms. The van der Waals surface area contributed by atoms with Crippen LogP contribution in [0.3, 0.4) is 0 Å². The first kappa shape index (κ1) is 19.6. The van der Waals surface area contributed by atoms with Crippen LogP contribution in [0.5, 0.6) is 0 Å². The average Bonchev–Trinajstić information content (AvgIpc) is 2.57. The van der Waals surface area contributed by atoms with Crippen molar-refractivity contribution in [2.24, 2.45) is 0 Å². The van der Waals surface area contributed by atoms with Gasteiger partial charge in [0, 0.05) is 24.8 Å². The Balaban J connectivity index is 2.09. The molecule has 0 fully saturated rings. The average molecular weight is 332 g/mol. The summed E-state index contributed by atoms with van der Waals surface area (Å²) >= 11 is 0. The molecule has 0 bridgehead atoms. The Morgan fingerprint density at radius 3 is 2.08 bits per heavy atom. The molecule has 0 atom stereocenters. The number of benzene rings is 1. The van der Waals surface area contributed by atoms with Gasteiger partial charge in [0.15, 0.2) is 12.4 Å². The molecule has 0 aliphatic rings. The molecule has 0 amide bonds. The van der Waals surface area contributed by atoms with E-state index in [1.807, 2.05) is 13.0 Å². The molecule has 0 unspecified atom stereocenters. The second kappa shape index (κ2) is 11.2. The molecule has 1 rings (SSSR count). The molecule has 0 N–H and O–H groups in total. The van der Waals surface area contributed by atoms with Crippen molar-refractivity contribution in [2.45, 2.75) is 39.0 Å². The van der Waals surface area contributed by atoms with E-state index >= 15 is 0 Å². The van der Waals surface area contributed by atoms with E-state index in [2.05, 4.69) is 6.58 Å². The summed E-state index contributed by atoms with van der Waals surface area (Å²) in [4.78, 5) is 34.8. The minimum absolute atomic E-state index is 0.182. The maximum atomic E-state index is 11.8. The van der Waals surface area contributed by atoms with Crippen molar-refractivity contribution in [3.8, 4) is 0 Å². The molecule has 0 aliphatic heterocycles. The lowest BCUT2D eigenvalue weighted by molar-refractivity contribution is -0.145. The van der Waals surface area contributed by atoms with Gasteiger partial charge in [0.2, 0.25) is 0 Å². The molecule has 0 spiro atoms. The van der Waals surface area contributed by atoms with Gasteiger partial charge in [-0.2, -0.15) is 0 Å². The van der Waals surface area contributed by atoms with Gasteiger partial charge in [-0.25, -0.2) is 0 Å². The fraction of sp³-hybridized carbons (Fsp3) is 0.421. The lowest BCUT2D eigenvalue weighted by Gasteiger charge is -2.05. The van der Waals surface area contributed by atoms with E-state index in [-0.39, 0.29) is 31.2 Å². The monoisotopic (exact) mass is 332 g/mol. The lowest BCUT2D eigenvalue weighted by Crippen LogP contribution is -2.14. The second-order valence-electron chi connectivity index (χ2n) is 5.58. The normalized spacial score (nSPS) is 10.0. The molecule has 5 heteroatoms. The number of ether oxygens (including phenoxy) is 2. The Labute approximate surface area is 142 Å². The number of Topliss-reactive ketones (excluding diaryl/α,β-unsaturated/α-hetero) is 1. The van der Waals surface area contributed by atoms with E-state index in [4.69, 9.17) is 9.47 Å². The van der Waals surface area contributed by atoms with Gasteiger partial charge >= 0.3 is 11.9 Å². The van der Waals surface area contributed by atoms with Crippen molar-refractivity contribution >= 4 is 17.7 Å². The van der Waals surface area contributed by atoms with Crippen molar-refractivity contribution in [1.82, 2.24) is 0 Å². The highest BCUT2D eigenvalue weighted by Crippen LogP contribution is 2.05. The molecule has 0 aromatic heterocycles. The molecule has 1 aromatic carbocycles. The zero-order chi connectivity index (χ0) is 17.8. The SMILES string of the molecule is C=C(C)CCOC(=O)CCCCC(=O)OCC(=O)c1ccccc1. The van der Waals surface area contributed by atoms with Gasteiger partial charge < -0.3 is 9.47 Å². The Kier molecular flexibility index (Phi) is 9.12. The summed E-state index contributed by atoms with van der Waals surface area (Å²) in [5.41, 5.74) is 1.48. The number of hydrogen-bond donors (Lipinski definition) is 0. The quantitative estimate of drug-likeness (QED) is 0.268. The van der Waals surface area contributed by atoms with Gasteiger partial charge in [0.1, 0.15) is 0 Å². The molecule has 0 saturated carbocycles. The van der Waals surface area contributed by atoms with Gasteiger partial charge in [-0.3, -0.25) is 14.4 Å². The van der Waals surface area contributed by atoms with E-state index in [0.29, 0.717) is 31.4 Å². The zero-order valence-electron chi connectivity index (χ0n) is 14.1. The van der Waals surface area contributed by atoms with Crippen LogP contribution in [0.4, 0.5) is 0 Å². The van der Waals surface area contributed by atoms with Crippen molar-refractivity contribution in [1.29, 1.82) is 0 Å². The molecule has 0 aliphatic carbocycles. The predicted octanol–water partition coefficient (Wildman–Crippen LogP) is 3.48. The number of carbonyl (C=O) groups is 3.